The number of halogens is 3. The molecule has 1 aromatic heterocycles. The zero-order valence-electron chi connectivity index (χ0n) is 17.8. The lowest BCUT2D eigenvalue weighted by molar-refractivity contribution is -0.144. The lowest BCUT2D eigenvalue weighted by atomic mass is 10.0. The summed E-state index contributed by atoms with van der Waals surface area (Å²) in [7, 11) is -1.13. The van der Waals surface area contributed by atoms with Crippen LogP contribution in [0.3, 0.4) is 0 Å². The molecule has 1 atom stereocenters. The molecule has 0 saturated heterocycles. The second kappa shape index (κ2) is 9.09. The number of carbonyl (C=O) groups excluding carboxylic acids is 1. The molecule has 1 amide bonds. The van der Waals surface area contributed by atoms with Crippen molar-refractivity contribution in [3.05, 3.63) is 30.1 Å². The minimum Gasteiger partial charge on any atom is -0.361 e. The minimum absolute atomic E-state index is 0.268. The van der Waals surface area contributed by atoms with Gasteiger partial charge in [-0.1, -0.05) is 25.7 Å². The number of rotatable bonds is 10. The molecule has 1 unspecified atom stereocenters. The van der Waals surface area contributed by atoms with E-state index in [-0.39, 0.29) is 12.0 Å². The zero-order chi connectivity index (χ0) is 21.9. The van der Waals surface area contributed by atoms with Crippen LogP contribution in [-0.4, -0.2) is 36.3 Å². The third-order valence-corrected chi connectivity index (χ3v) is 6.98. The van der Waals surface area contributed by atoms with Crippen molar-refractivity contribution in [2.45, 2.75) is 70.3 Å². The highest BCUT2D eigenvalue weighted by Crippen LogP contribution is 2.41. The molecule has 1 N–H and O–H groups in total. The van der Waals surface area contributed by atoms with Crippen molar-refractivity contribution in [3.8, 4) is 0 Å². The molecule has 1 aromatic carbocycles. The molecule has 166 valence electrons. The number of aromatic nitrogens is 2. The fourth-order valence-electron chi connectivity index (χ4n) is 3.32. The number of fused-ring (bicyclic) bond motifs is 1. The van der Waals surface area contributed by atoms with E-state index in [1.807, 2.05) is 22.8 Å². The van der Waals surface area contributed by atoms with E-state index >= 15 is 0 Å². The Labute approximate surface area is 176 Å². The van der Waals surface area contributed by atoms with Gasteiger partial charge in [0, 0.05) is 21.1 Å². The van der Waals surface area contributed by atoms with Crippen molar-refractivity contribution < 1.29 is 22.7 Å². The number of imidazole rings is 1. The Morgan fingerprint density at radius 2 is 2.07 bits per heavy atom. The molecule has 5 nitrogen and oxygen atoms in total. The zero-order valence-corrected chi connectivity index (χ0v) is 18.8. The largest absolute Gasteiger partial charge is 0.389 e. The standard InChI is InChI=1S/C21H30F3N3O2Si/c1-30(2,3)11-10-29-14-27-13-25-17-12-16(6-7-18(17)27)20(15-4-5-15)26-19(28)8-9-21(22,23)24/h6-7,12-13,15,20H,4-5,8-11,14H2,1-3H3,(H,26,28). The van der Waals surface area contributed by atoms with Gasteiger partial charge in [-0.15, -0.1) is 0 Å². The van der Waals surface area contributed by atoms with Crippen LogP contribution in [0.5, 0.6) is 0 Å². The van der Waals surface area contributed by atoms with Crippen molar-refractivity contribution in [3.63, 3.8) is 0 Å². The summed E-state index contributed by atoms with van der Waals surface area (Å²) in [5.74, 6) is -0.296. The lowest BCUT2D eigenvalue weighted by Gasteiger charge is -2.19. The average molecular weight is 442 g/mol. The lowest BCUT2D eigenvalue weighted by Crippen LogP contribution is -2.30. The highest BCUT2D eigenvalue weighted by atomic mass is 28.3. The normalized spacial score (nSPS) is 16.1. The van der Waals surface area contributed by atoms with Gasteiger partial charge in [0.05, 0.1) is 29.8 Å². The number of ether oxygens (including phenoxy) is 1. The summed E-state index contributed by atoms with van der Waals surface area (Å²) in [6.45, 7) is 8.08. The molecule has 0 bridgehead atoms. The van der Waals surface area contributed by atoms with Gasteiger partial charge in [0.15, 0.2) is 0 Å². The SMILES string of the molecule is C[Si](C)(C)CCOCn1cnc2cc(C(NC(=O)CCC(F)(F)F)C3CC3)ccc21. The molecule has 30 heavy (non-hydrogen) atoms. The summed E-state index contributed by atoms with van der Waals surface area (Å²) < 4.78 is 44.9. The maximum absolute atomic E-state index is 12.4. The summed E-state index contributed by atoms with van der Waals surface area (Å²) in [5, 5.41) is 2.80. The second-order valence-corrected chi connectivity index (χ2v) is 14.9. The van der Waals surface area contributed by atoms with Gasteiger partial charge in [0.25, 0.3) is 0 Å². The van der Waals surface area contributed by atoms with Crippen molar-refractivity contribution in [1.82, 2.24) is 14.9 Å². The van der Waals surface area contributed by atoms with Crippen LogP contribution in [0, 0.1) is 5.92 Å². The summed E-state index contributed by atoms with van der Waals surface area (Å²) in [6.07, 6.45) is -2.31. The molecular weight excluding hydrogens is 411 g/mol. The molecule has 1 fully saturated rings. The van der Waals surface area contributed by atoms with E-state index in [1.54, 1.807) is 6.33 Å². The Bertz CT molecular complexity index is 872. The number of alkyl halides is 3. The fraction of sp³-hybridized carbons (Fsp3) is 0.619. The van der Waals surface area contributed by atoms with Gasteiger partial charge in [-0.05, 0) is 42.5 Å². The smallest absolute Gasteiger partial charge is 0.361 e. The third-order valence-electron chi connectivity index (χ3n) is 5.28. The predicted molar refractivity (Wildman–Crippen MR) is 113 cm³/mol. The first kappa shape index (κ1) is 22.8. The Morgan fingerprint density at radius 3 is 2.70 bits per heavy atom. The van der Waals surface area contributed by atoms with E-state index in [0.29, 0.717) is 6.73 Å². The van der Waals surface area contributed by atoms with Gasteiger partial charge in [0.1, 0.15) is 6.73 Å². The predicted octanol–water partition coefficient (Wildman–Crippen LogP) is 5.26. The molecule has 3 rings (SSSR count). The number of hydrogen-bond acceptors (Lipinski definition) is 3. The van der Waals surface area contributed by atoms with Crippen LogP contribution in [0.2, 0.25) is 25.7 Å². The topological polar surface area (TPSA) is 56.1 Å². The fourth-order valence-corrected chi connectivity index (χ4v) is 4.08. The van der Waals surface area contributed by atoms with E-state index in [4.69, 9.17) is 4.74 Å². The van der Waals surface area contributed by atoms with E-state index in [1.165, 1.54) is 0 Å². The van der Waals surface area contributed by atoms with Crippen molar-refractivity contribution >= 4 is 25.0 Å². The summed E-state index contributed by atoms with van der Waals surface area (Å²) >= 11 is 0. The molecule has 2 aromatic rings. The molecule has 1 aliphatic rings. The van der Waals surface area contributed by atoms with Gasteiger partial charge >= 0.3 is 6.18 Å². The first-order chi connectivity index (χ1) is 14.0. The Morgan fingerprint density at radius 1 is 1.33 bits per heavy atom. The highest BCUT2D eigenvalue weighted by Gasteiger charge is 2.34. The highest BCUT2D eigenvalue weighted by molar-refractivity contribution is 6.76. The second-order valence-electron chi connectivity index (χ2n) is 9.31. The van der Waals surface area contributed by atoms with E-state index in [2.05, 4.69) is 29.9 Å². The van der Waals surface area contributed by atoms with E-state index in [9.17, 15) is 18.0 Å². The van der Waals surface area contributed by atoms with Crippen molar-refractivity contribution in [2.75, 3.05) is 6.61 Å². The van der Waals surface area contributed by atoms with Gasteiger partial charge in [-0.2, -0.15) is 13.2 Å². The third kappa shape index (κ3) is 6.83. The molecule has 9 heteroatoms. The van der Waals surface area contributed by atoms with E-state index in [0.717, 1.165) is 42.1 Å². The van der Waals surface area contributed by atoms with Crippen LogP contribution in [0.25, 0.3) is 11.0 Å². The maximum Gasteiger partial charge on any atom is 0.389 e. The molecule has 0 aliphatic heterocycles. The number of amides is 1. The number of carbonyl (C=O) groups is 1. The van der Waals surface area contributed by atoms with E-state index < -0.39 is 33.0 Å². The van der Waals surface area contributed by atoms with Crippen LogP contribution < -0.4 is 5.32 Å². The van der Waals surface area contributed by atoms with Gasteiger partial charge in [-0.25, -0.2) is 4.98 Å². The Balaban J connectivity index is 1.64. The molecule has 1 heterocycles. The quantitative estimate of drug-likeness (QED) is 0.404. The Kier molecular flexibility index (Phi) is 6.91. The minimum atomic E-state index is -4.32. The number of hydrogen-bond donors (Lipinski definition) is 1. The number of nitrogens with zero attached hydrogens (tertiary/aromatic N) is 2. The molecule has 0 spiro atoms. The number of nitrogens with one attached hydrogen (secondary N) is 1. The first-order valence-corrected chi connectivity index (χ1v) is 14.1. The van der Waals surface area contributed by atoms with Crippen LogP contribution in [0.15, 0.2) is 24.5 Å². The maximum atomic E-state index is 12.4. The molecule has 1 aliphatic carbocycles. The van der Waals surface area contributed by atoms with Crippen molar-refractivity contribution in [1.29, 1.82) is 0 Å². The van der Waals surface area contributed by atoms with Gasteiger partial charge in [-0.3, -0.25) is 4.79 Å². The summed E-state index contributed by atoms with van der Waals surface area (Å²) in [6, 6.07) is 6.61. The van der Waals surface area contributed by atoms with Crippen LogP contribution >= 0.6 is 0 Å². The van der Waals surface area contributed by atoms with Crippen molar-refractivity contribution in [2.24, 2.45) is 5.92 Å². The van der Waals surface area contributed by atoms with Crippen LogP contribution in [-0.2, 0) is 16.3 Å². The monoisotopic (exact) mass is 441 g/mol. The van der Waals surface area contributed by atoms with Gasteiger partial charge in [0.2, 0.25) is 5.91 Å². The van der Waals surface area contributed by atoms with Gasteiger partial charge < -0.3 is 14.6 Å². The van der Waals surface area contributed by atoms with Crippen LogP contribution in [0.1, 0.15) is 37.3 Å². The first-order valence-electron chi connectivity index (χ1n) is 10.4. The molecule has 1 saturated carbocycles. The number of benzene rings is 1. The van der Waals surface area contributed by atoms with Crippen LogP contribution in [0.4, 0.5) is 13.2 Å². The summed E-state index contributed by atoms with van der Waals surface area (Å²) in [4.78, 5) is 16.5. The summed E-state index contributed by atoms with van der Waals surface area (Å²) in [5.41, 5.74) is 2.61. The Hall–Kier alpha value is -1.87. The average Bonchev–Trinajstić information content (AvgIpc) is 3.40. The molecular formula is C21H30F3N3O2Si. The molecule has 0 radical (unpaired) electrons.